The first-order chi connectivity index (χ1) is 19.0. The molecule has 17 nitrogen and oxygen atoms in total. The molecule has 0 aromatic heterocycles. The van der Waals surface area contributed by atoms with E-state index in [2.05, 4.69) is 21.3 Å². The number of nitrogens with one attached hydrogen (secondary N) is 2. The zero-order chi connectivity index (χ0) is 30.6. The molecule has 0 aromatic rings. The molecule has 2 aliphatic heterocycles. The van der Waals surface area contributed by atoms with Crippen LogP contribution < -0.4 is 10.6 Å². The van der Waals surface area contributed by atoms with Gasteiger partial charge in [0.1, 0.15) is 48.7 Å². The van der Waals surface area contributed by atoms with Crippen molar-refractivity contribution in [2.45, 2.75) is 73.4 Å². The summed E-state index contributed by atoms with van der Waals surface area (Å²) in [5.74, 6) is -1.88. The number of rotatable bonds is 13. The van der Waals surface area contributed by atoms with Gasteiger partial charge in [0, 0.05) is 0 Å². The van der Waals surface area contributed by atoms with Gasteiger partial charge in [-0.2, -0.15) is 24.6 Å². The summed E-state index contributed by atoms with van der Waals surface area (Å²) in [6, 6.07) is -5.02. The van der Waals surface area contributed by atoms with Gasteiger partial charge in [0.05, 0.1) is 13.2 Å². The number of carbonyl (C=O) groups excluding carboxylic acids is 2. The third-order valence-electron chi connectivity index (χ3n) is 6.14. The fourth-order valence-electron chi connectivity index (χ4n) is 3.88. The van der Waals surface area contributed by atoms with Gasteiger partial charge in [-0.3, -0.25) is 9.59 Å². The van der Waals surface area contributed by atoms with Crippen LogP contribution in [0.4, 0.5) is 0 Å². The van der Waals surface area contributed by atoms with Crippen LogP contribution in [0.3, 0.4) is 0 Å². The third kappa shape index (κ3) is 10.1. The molecule has 40 heavy (non-hydrogen) atoms. The molecule has 2 heterocycles. The van der Waals surface area contributed by atoms with E-state index < -0.39 is 98.4 Å². The van der Waals surface area contributed by atoms with Crippen LogP contribution in [0.1, 0.15) is 0 Å². The van der Waals surface area contributed by atoms with Crippen molar-refractivity contribution in [1.82, 2.24) is 10.6 Å². The molecule has 5 unspecified atom stereocenters. The molecule has 0 spiro atoms. The zero-order valence-electron chi connectivity index (χ0n) is 20.9. The fraction of sp³-hybridized carbons (Fsp3) is 0.900. The standard InChI is InChI=1S/C20H36N4O12S2.O.Tc/c25-3-9-13(27)15(29)11(19(33)35-9)23-17(31)7(5-37)21-1-2-22-8(6-38)18(32)24-12-16(30)14(28)10(4-26)36-20(12)34;;/h7-16,19-20,25-30,33-34,37-38H,1-6H2,(H,23,31)(H,24,32);;/q-2;;+4/p-2/t7-,8?,9+,10+,11?,12?,13+,14+,15+,16+,19?,20?;;/m0../s1. The quantitative estimate of drug-likeness (QED) is 0.0631. The normalized spacial score (nSPS) is 35.6. The number of ether oxygens (including phenoxy) is 2. The van der Waals surface area contributed by atoms with E-state index >= 15 is 0 Å². The van der Waals surface area contributed by atoms with Crippen LogP contribution in [0.15, 0.2) is 0 Å². The SMILES string of the molecule is O=C(NC1C(O)O[C@H](CO)[C@@H](O)[C@@H]1O)C(C[S-])[N-]CC[N-][C@@H](C[S-])C(=O)NC1C(O)O[C@H](CO)[C@@H](O)[C@@H]1O.[O]=[Tc+4]. The second kappa shape index (κ2) is 19.0. The summed E-state index contributed by atoms with van der Waals surface area (Å²) in [7, 11) is 0. The molecule has 2 saturated heterocycles. The summed E-state index contributed by atoms with van der Waals surface area (Å²) in [6.07, 6.45) is -12.3. The molecule has 0 saturated carbocycles. The second-order valence-electron chi connectivity index (χ2n) is 8.70. The van der Waals surface area contributed by atoms with E-state index in [4.69, 9.17) is 48.4 Å². The van der Waals surface area contributed by atoms with Gasteiger partial charge in [0.15, 0.2) is 12.6 Å². The first-order valence-electron chi connectivity index (χ1n) is 11.9. The van der Waals surface area contributed by atoms with E-state index in [0.717, 1.165) is 18.9 Å². The summed E-state index contributed by atoms with van der Waals surface area (Å²) in [5.41, 5.74) is 0. The van der Waals surface area contributed by atoms with Gasteiger partial charge < -0.3 is 96.9 Å². The summed E-state index contributed by atoms with van der Waals surface area (Å²) in [4.78, 5) is 25.1. The molecule has 12 atom stereocenters. The van der Waals surface area contributed by atoms with E-state index in [9.17, 15) is 40.2 Å². The van der Waals surface area contributed by atoms with Crippen molar-refractivity contribution in [3.63, 3.8) is 0 Å². The van der Waals surface area contributed by atoms with Gasteiger partial charge in [-0.05, 0) is 0 Å². The molecule has 2 amide bonds. The molecule has 2 fully saturated rings. The van der Waals surface area contributed by atoms with Crippen LogP contribution in [0, 0.1) is 0 Å². The fourth-order valence-corrected chi connectivity index (χ4v) is 4.39. The van der Waals surface area contributed by atoms with Crippen molar-refractivity contribution in [2.75, 3.05) is 37.8 Å². The topological polar surface area (TPSA) is 284 Å². The van der Waals surface area contributed by atoms with E-state index in [1.165, 1.54) is 0 Å². The Labute approximate surface area is 251 Å². The Hall–Kier alpha value is -0.391. The Kier molecular flexibility index (Phi) is 17.9. The van der Waals surface area contributed by atoms with Crippen molar-refractivity contribution >= 4 is 37.1 Å². The first kappa shape index (κ1) is 37.6. The summed E-state index contributed by atoms with van der Waals surface area (Å²) in [6.45, 7) is -1.45. The number of nitrogens with zero attached hydrogens (tertiary/aromatic N) is 2. The Balaban J connectivity index is 0.00000391. The molecule has 10 N–H and O–H groups in total. The van der Waals surface area contributed by atoms with Gasteiger partial charge in [-0.25, -0.2) is 0 Å². The molecule has 2 aliphatic rings. The van der Waals surface area contributed by atoms with Crippen molar-refractivity contribution < 1.29 is 82.3 Å². The molecule has 20 heteroatoms. The van der Waals surface area contributed by atoms with Gasteiger partial charge >= 0.3 is 22.4 Å². The molecule has 0 aromatic carbocycles. The van der Waals surface area contributed by atoms with Crippen LogP contribution in [0.2, 0.25) is 0 Å². The number of aliphatic hydroxyl groups is 8. The molecule has 0 bridgehead atoms. The average molecular weight is 701 g/mol. The Morgan fingerprint density at radius 2 is 1.02 bits per heavy atom. The minimum atomic E-state index is -1.70. The van der Waals surface area contributed by atoms with Crippen LogP contribution in [-0.2, 0) is 66.7 Å². The van der Waals surface area contributed by atoms with Crippen molar-refractivity contribution in [3.8, 4) is 0 Å². The predicted octanol–water partition coefficient (Wildman–Crippen LogP) is -6.72. The minimum absolute atomic E-state index is 0.0655. The van der Waals surface area contributed by atoms with Crippen LogP contribution in [-0.4, -0.2) is 164 Å². The van der Waals surface area contributed by atoms with Crippen molar-refractivity contribution in [1.29, 1.82) is 0 Å². The summed E-state index contributed by atoms with van der Waals surface area (Å²) < 4.78 is 18.2. The molecular weight excluding hydrogens is 666 g/mol. The number of amides is 2. The van der Waals surface area contributed by atoms with Gasteiger partial charge in [-0.15, -0.1) is 0 Å². The summed E-state index contributed by atoms with van der Waals surface area (Å²) in [5, 5.41) is 91.3. The van der Waals surface area contributed by atoms with Crippen molar-refractivity contribution in [2.24, 2.45) is 0 Å². The number of carbonyl (C=O) groups is 2. The Morgan fingerprint density at radius 3 is 1.30 bits per heavy atom. The van der Waals surface area contributed by atoms with Crippen molar-refractivity contribution in [3.05, 3.63) is 10.6 Å². The molecule has 2 rings (SSSR count). The molecule has 0 aliphatic carbocycles. The zero-order valence-corrected chi connectivity index (χ0v) is 24.4. The van der Waals surface area contributed by atoms with E-state index in [-0.39, 0.29) is 24.6 Å². The number of hydrogen-bond donors (Lipinski definition) is 10. The Bertz CT molecular complexity index is 724. The van der Waals surface area contributed by atoms with Gasteiger partial charge in [0.2, 0.25) is 11.8 Å². The number of aliphatic hydroxyl groups excluding tert-OH is 8. The second-order valence-corrected chi connectivity index (χ2v) is 9.37. The number of hydrogen-bond acceptors (Lipinski definition) is 15. The average Bonchev–Trinajstić information content (AvgIpc) is 2.95. The summed E-state index contributed by atoms with van der Waals surface area (Å²) >= 11 is 10.8. The van der Waals surface area contributed by atoms with E-state index in [1.807, 2.05) is 0 Å². The molecular formula is C20H34N4O13S2Tc. The van der Waals surface area contributed by atoms with Crippen LogP contribution in [0.5, 0.6) is 0 Å². The molecule has 231 valence electrons. The maximum absolute atomic E-state index is 12.6. The molecule has 0 radical (unpaired) electrons. The first-order valence-corrected chi connectivity index (χ1v) is 13.8. The van der Waals surface area contributed by atoms with Gasteiger partial charge in [-0.1, -0.05) is 12.1 Å². The maximum atomic E-state index is 12.6. The predicted molar refractivity (Wildman–Crippen MR) is 133 cm³/mol. The Morgan fingerprint density at radius 1 is 0.700 bits per heavy atom. The van der Waals surface area contributed by atoms with E-state index in [0.29, 0.717) is 0 Å². The third-order valence-corrected chi connectivity index (χ3v) is 6.77. The van der Waals surface area contributed by atoms with Gasteiger partial charge in [0.25, 0.3) is 0 Å². The van der Waals surface area contributed by atoms with E-state index in [1.54, 1.807) is 0 Å². The van der Waals surface area contributed by atoms with Crippen LogP contribution in [0.25, 0.3) is 10.6 Å². The van der Waals surface area contributed by atoms with Crippen LogP contribution >= 0.6 is 0 Å². The monoisotopic (exact) mass is 699 g/mol.